The first-order valence-electron chi connectivity index (χ1n) is 8.27. The third-order valence-corrected chi connectivity index (χ3v) is 4.36. The van der Waals surface area contributed by atoms with Crippen molar-refractivity contribution in [1.29, 1.82) is 0 Å². The first-order chi connectivity index (χ1) is 12.6. The molecule has 0 saturated heterocycles. The normalized spacial score (nSPS) is 13.5. The zero-order valence-corrected chi connectivity index (χ0v) is 14.5. The Kier molecular flexibility index (Phi) is 4.11. The topological polar surface area (TPSA) is 99.2 Å². The second kappa shape index (κ2) is 6.58. The Morgan fingerprint density at radius 3 is 3.00 bits per heavy atom. The van der Waals surface area contributed by atoms with E-state index in [1.54, 1.807) is 36.5 Å². The molecule has 26 heavy (non-hydrogen) atoms. The maximum atomic E-state index is 12.6. The Morgan fingerprint density at radius 2 is 2.27 bits per heavy atom. The standard InChI is InChI=1S/C17H18N6O3/c1-11-7-13(21-26-11)17(24)23-6-3-15-12(9-23)14(20-22(15)2)10-25-16-8-18-4-5-19-16/h4-5,7-8H,3,6,9-10H2,1-2H3. The molecule has 9 nitrogen and oxygen atoms in total. The van der Waals surface area contributed by atoms with E-state index in [1.165, 1.54) is 0 Å². The van der Waals surface area contributed by atoms with Gasteiger partial charge >= 0.3 is 0 Å². The molecule has 0 atom stereocenters. The summed E-state index contributed by atoms with van der Waals surface area (Å²) < 4.78 is 12.5. The molecule has 0 N–H and O–H groups in total. The molecule has 1 aliphatic rings. The third-order valence-electron chi connectivity index (χ3n) is 4.36. The van der Waals surface area contributed by atoms with Crippen molar-refractivity contribution in [2.45, 2.75) is 26.5 Å². The number of aryl methyl sites for hydroxylation is 2. The van der Waals surface area contributed by atoms with Crippen molar-refractivity contribution in [3.8, 4) is 5.88 Å². The summed E-state index contributed by atoms with van der Waals surface area (Å²) in [7, 11) is 1.91. The van der Waals surface area contributed by atoms with E-state index >= 15 is 0 Å². The van der Waals surface area contributed by atoms with E-state index in [-0.39, 0.29) is 12.5 Å². The SMILES string of the molecule is Cc1cc(C(=O)N2CCc3c(c(COc4cnccn4)nn3C)C2)no1. The molecule has 0 aliphatic carbocycles. The van der Waals surface area contributed by atoms with Crippen molar-refractivity contribution < 1.29 is 14.1 Å². The second-order valence-corrected chi connectivity index (χ2v) is 6.13. The van der Waals surface area contributed by atoms with Gasteiger partial charge in [0.1, 0.15) is 18.1 Å². The smallest absolute Gasteiger partial charge is 0.276 e. The maximum Gasteiger partial charge on any atom is 0.276 e. The molecule has 0 bridgehead atoms. The predicted molar refractivity (Wildman–Crippen MR) is 89.3 cm³/mol. The lowest BCUT2D eigenvalue weighted by Gasteiger charge is -2.26. The molecule has 0 radical (unpaired) electrons. The number of hydrogen-bond donors (Lipinski definition) is 0. The molecule has 0 unspecified atom stereocenters. The summed E-state index contributed by atoms with van der Waals surface area (Å²) in [5.41, 5.74) is 3.24. The minimum absolute atomic E-state index is 0.142. The van der Waals surface area contributed by atoms with Gasteiger partial charge in [0, 0.05) is 56.3 Å². The molecule has 1 aliphatic heterocycles. The van der Waals surface area contributed by atoms with Crippen molar-refractivity contribution in [1.82, 2.24) is 29.8 Å². The van der Waals surface area contributed by atoms with Gasteiger partial charge in [0.2, 0.25) is 5.88 Å². The number of carbonyl (C=O) groups excluding carboxylic acids is 1. The number of aromatic nitrogens is 5. The van der Waals surface area contributed by atoms with Crippen LogP contribution in [0, 0.1) is 6.92 Å². The molecule has 134 valence electrons. The lowest BCUT2D eigenvalue weighted by molar-refractivity contribution is 0.0721. The van der Waals surface area contributed by atoms with E-state index in [9.17, 15) is 4.79 Å². The second-order valence-electron chi connectivity index (χ2n) is 6.13. The van der Waals surface area contributed by atoms with Gasteiger partial charge in [-0.3, -0.25) is 14.5 Å². The van der Waals surface area contributed by atoms with Gasteiger partial charge in [0.05, 0.1) is 6.20 Å². The van der Waals surface area contributed by atoms with Gasteiger partial charge < -0.3 is 14.2 Å². The molecule has 0 fully saturated rings. The van der Waals surface area contributed by atoms with E-state index in [4.69, 9.17) is 9.26 Å². The number of amides is 1. The average molecular weight is 354 g/mol. The van der Waals surface area contributed by atoms with Gasteiger partial charge in [-0.1, -0.05) is 5.16 Å². The van der Waals surface area contributed by atoms with Crippen LogP contribution in [0.25, 0.3) is 0 Å². The van der Waals surface area contributed by atoms with Gasteiger partial charge in [0.15, 0.2) is 5.69 Å². The summed E-state index contributed by atoms with van der Waals surface area (Å²) in [4.78, 5) is 22.5. The summed E-state index contributed by atoms with van der Waals surface area (Å²) in [6, 6.07) is 1.65. The predicted octanol–water partition coefficient (Wildman–Crippen LogP) is 1.28. The summed E-state index contributed by atoms with van der Waals surface area (Å²) in [6.45, 7) is 3.11. The molecule has 0 aromatic carbocycles. The molecule has 9 heteroatoms. The Bertz CT molecular complexity index is 933. The zero-order chi connectivity index (χ0) is 18.1. The summed E-state index contributed by atoms with van der Waals surface area (Å²) in [5.74, 6) is 0.913. The molecule has 1 amide bonds. The van der Waals surface area contributed by atoms with E-state index in [2.05, 4.69) is 20.2 Å². The Labute approximate surface area is 149 Å². The fourth-order valence-electron chi connectivity index (χ4n) is 3.09. The Hall–Kier alpha value is -3.23. The van der Waals surface area contributed by atoms with E-state index in [0.717, 1.165) is 23.4 Å². The van der Waals surface area contributed by atoms with Crippen molar-refractivity contribution in [2.24, 2.45) is 7.05 Å². The van der Waals surface area contributed by atoms with Crippen molar-refractivity contribution >= 4 is 5.91 Å². The fourth-order valence-corrected chi connectivity index (χ4v) is 3.09. The van der Waals surface area contributed by atoms with Crippen LogP contribution < -0.4 is 4.74 Å². The van der Waals surface area contributed by atoms with Crippen LogP contribution in [0.1, 0.15) is 33.2 Å². The van der Waals surface area contributed by atoms with E-state index in [1.807, 2.05) is 11.7 Å². The highest BCUT2D eigenvalue weighted by Crippen LogP contribution is 2.24. The third kappa shape index (κ3) is 3.03. The molecule has 3 aromatic rings. The minimum atomic E-state index is -0.142. The molecular weight excluding hydrogens is 336 g/mol. The first kappa shape index (κ1) is 16.2. The lowest BCUT2D eigenvalue weighted by atomic mass is 10.0. The van der Waals surface area contributed by atoms with E-state index in [0.29, 0.717) is 30.4 Å². The monoisotopic (exact) mass is 354 g/mol. The summed E-state index contributed by atoms with van der Waals surface area (Å²) in [5, 5.41) is 8.37. The van der Waals surface area contributed by atoms with Crippen LogP contribution in [0.15, 0.2) is 29.2 Å². The highest BCUT2D eigenvalue weighted by molar-refractivity contribution is 5.92. The number of ether oxygens (including phenoxy) is 1. The number of rotatable bonds is 4. The van der Waals surface area contributed by atoms with Crippen LogP contribution >= 0.6 is 0 Å². The van der Waals surface area contributed by atoms with Crippen molar-refractivity contribution in [3.63, 3.8) is 0 Å². The molecular formula is C17H18N6O3. The largest absolute Gasteiger partial charge is 0.470 e. The Balaban J connectivity index is 1.53. The minimum Gasteiger partial charge on any atom is -0.470 e. The molecule has 4 rings (SSSR count). The molecule has 4 heterocycles. The average Bonchev–Trinajstić information content (AvgIpc) is 3.23. The highest BCUT2D eigenvalue weighted by Gasteiger charge is 2.28. The van der Waals surface area contributed by atoms with Gasteiger partial charge in [-0.25, -0.2) is 4.98 Å². The quantitative estimate of drug-likeness (QED) is 0.696. The molecule has 0 saturated carbocycles. The van der Waals surface area contributed by atoms with Crippen LogP contribution in [-0.2, 0) is 26.6 Å². The van der Waals surface area contributed by atoms with Crippen LogP contribution in [0.2, 0.25) is 0 Å². The van der Waals surface area contributed by atoms with Crippen molar-refractivity contribution in [2.75, 3.05) is 6.54 Å². The molecule has 3 aromatic heterocycles. The van der Waals surface area contributed by atoms with Crippen LogP contribution in [-0.4, -0.2) is 42.3 Å². The maximum absolute atomic E-state index is 12.6. The number of fused-ring (bicyclic) bond motifs is 1. The van der Waals surface area contributed by atoms with Gasteiger partial charge in [-0.2, -0.15) is 5.10 Å². The first-order valence-corrected chi connectivity index (χ1v) is 8.27. The van der Waals surface area contributed by atoms with Crippen LogP contribution in [0.4, 0.5) is 0 Å². The number of carbonyl (C=O) groups is 1. The summed E-state index contributed by atoms with van der Waals surface area (Å²) in [6.07, 6.45) is 5.44. The zero-order valence-electron chi connectivity index (χ0n) is 14.5. The molecule has 0 spiro atoms. The van der Waals surface area contributed by atoms with Gasteiger partial charge in [-0.05, 0) is 6.92 Å². The number of hydrogen-bond acceptors (Lipinski definition) is 7. The Morgan fingerprint density at radius 1 is 1.38 bits per heavy atom. The van der Waals surface area contributed by atoms with Gasteiger partial charge in [-0.15, -0.1) is 0 Å². The van der Waals surface area contributed by atoms with Crippen LogP contribution in [0.3, 0.4) is 0 Å². The van der Waals surface area contributed by atoms with Gasteiger partial charge in [0.25, 0.3) is 5.91 Å². The lowest BCUT2D eigenvalue weighted by Crippen LogP contribution is -2.36. The van der Waals surface area contributed by atoms with Crippen LogP contribution in [0.5, 0.6) is 5.88 Å². The number of nitrogens with zero attached hydrogens (tertiary/aromatic N) is 6. The van der Waals surface area contributed by atoms with E-state index < -0.39 is 0 Å². The highest BCUT2D eigenvalue weighted by atomic mass is 16.5. The fraction of sp³-hybridized carbons (Fsp3) is 0.353. The van der Waals surface area contributed by atoms with Crippen molar-refractivity contribution in [3.05, 3.63) is 53.1 Å². The summed E-state index contributed by atoms with van der Waals surface area (Å²) >= 11 is 0.